The Morgan fingerprint density at radius 2 is 1.77 bits per heavy atom. The Hall–Kier alpha value is -4.84. The van der Waals surface area contributed by atoms with Crippen LogP contribution in [-0.4, -0.2) is 35.3 Å². The van der Waals surface area contributed by atoms with Crippen LogP contribution in [-0.2, 0) is 14.4 Å². The Kier molecular flexibility index (Phi) is 7.86. The van der Waals surface area contributed by atoms with Crippen LogP contribution in [0.2, 0.25) is 0 Å². The van der Waals surface area contributed by atoms with Gasteiger partial charge in [0, 0.05) is 17.8 Å². The largest absolute Gasteiger partial charge is 0.483 e. The summed E-state index contributed by atoms with van der Waals surface area (Å²) < 4.78 is 6.06. The lowest BCUT2D eigenvalue weighted by Crippen LogP contribution is -2.54. The van der Waals surface area contributed by atoms with Gasteiger partial charge in [-0.25, -0.2) is 9.69 Å². The number of benzene rings is 3. The van der Waals surface area contributed by atoms with E-state index in [1.807, 2.05) is 26.0 Å². The highest BCUT2D eigenvalue weighted by Crippen LogP contribution is 2.29. The molecule has 0 saturated carbocycles. The zero-order valence-electron chi connectivity index (χ0n) is 20.7. The number of ether oxygens (including phenoxy) is 1. The fraction of sp³-hybridized carbons (Fsp3) is 0.111. The van der Waals surface area contributed by atoms with E-state index in [0.717, 1.165) is 28.2 Å². The van der Waals surface area contributed by atoms with Crippen LogP contribution in [0.1, 0.15) is 16.7 Å². The second-order valence-corrected chi connectivity index (χ2v) is 9.41. The predicted molar refractivity (Wildman–Crippen MR) is 146 cm³/mol. The van der Waals surface area contributed by atoms with Crippen LogP contribution in [0.15, 0.2) is 70.7 Å². The smallest absolute Gasteiger partial charge is 0.335 e. The SMILES string of the molecule is Cc1ccc(NC(=O)COc2ccc(/C=C3/C(=O)NC(=O)N(c4ccc([N+](=O)[O-])cc4)C3=O)cc2Br)cc1C. The molecule has 39 heavy (non-hydrogen) atoms. The highest BCUT2D eigenvalue weighted by atomic mass is 79.9. The van der Waals surface area contributed by atoms with Crippen molar-refractivity contribution in [2.45, 2.75) is 13.8 Å². The molecule has 1 heterocycles. The van der Waals surface area contributed by atoms with Crippen molar-refractivity contribution in [3.05, 3.63) is 97.5 Å². The molecule has 0 bridgehead atoms. The summed E-state index contributed by atoms with van der Waals surface area (Å²) >= 11 is 3.36. The number of halogens is 1. The van der Waals surface area contributed by atoms with Crippen molar-refractivity contribution in [2.24, 2.45) is 0 Å². The molecule has 0 aliphatic carbocycles. The van der Waals surface area contributed by atoms with Gasteiger partial charge in [0.1, 0.15) is 11.3 Å². The van der Waals surface area contributed by atoms with Gasteiger partial charge >= 0.3 is 6.03 Å². The van der Waals surface area contributed by atoms with Crippen LogP contribution in [0, 0.1) is 24.0 Å². The van der Waals surface area contributed by atoms with Crippen molar-refractivity contribution in [2.75, 3.05) is 16.8 Å². The molecule has 0 unspecified atom stereocenters. The molecule has 198 valence electrons. The van der Waals surface area contributed by atoms with Crippen LogP contribution in [0.25, 0.3) is 6.08 Å². The second-order valence-electron chi connectivity index (χ2n) is 8.56. The molecule has 11 nitrogen and oxygen atoms in total. The average Bonchev–Trinajstić information content (AvgIpc) is 2.88. The fourth-order valence-electron chi connectivity index (χ4n) is 3.67. The number of non-ortho nitro benzene ring substituents is 1. The first-order valence-electron chi connectivity index (χ1n) is 11.5. The predicted octanol–water partition coefficient (Wildman–Crippen LogP) is 4.66. The third kappa shape index (κ3) is 6.18. The maximum atomic E-state index is 13.1. The van der Waals surface area contributed by atoms with Gasteiger partial charge in [-0.15, -0.1) is 0 Å². The van der Waals surface area contributed by atoms with E-state index < -0.39 is 22.8 Å². The van der Waals surface area contributed by atoms with Gasteiger partial charge in [-0.05, 0) is 88.9 Å². The van der Waals surface area contributed by atoms with Crippen LogP contribution in [0.3, 0.4) is 0 Å². The standard InChI is InChI=1S/C27H21BrN4O7/c1-15-3-5-18(11-16(15)2)29-24(33)14-39-23-10-4-17(13-22(23)28)12-21-25(34)30-27(36)31(26(21)35)19-6-8-20(9-7-19)32(37)38/h3-13H,14H2,1-2H3,(H,29,33)(H,30,34,36)/b21-12-. The number of nitrogens with one attached hydrogen (secondary N) is 2. The number of hydrogen-bond acceptors (Lipinski definition) is 7. The topological polar surface area (TPSA) is 148 Å². The maximum absolute atomic E-state index is 13.1. The molecule has 2 N–H and O–H groups in total. The van der Waals surface area contributed by atoms with E-state index in [4.69, 9.17) is 4.74 Å². The average molecular weight is 593 g/mol. The monoisotopic (exact) mass is 592 g/mol. The minimum atomic E-state index is -0.972. The Bertz CT molecular complexity index is 1550. The lowest BCUT2D eigenvalue weighted by Gasteiger charge is -2.26. The van der Waals surface area contributed by atoms with Gasteiger partial charge in [0.05, 0.1) is 15.1 Å². The summed E-state index contributed by atoms with van der Waals surface area (Å²) in [5.41, 5.74) is 2.78. The molecule has 1 saturated heterocycles. The minimum absolute atomic E-state index is 0.0607. The van der Waals surface area contributed by atoms with Crippen molar-refractivity contribution < 1.29 is 28.8 Å². The molecule has 1 aliphatic heterocycles. The number of carbonyl (C=O) groups is 4. The molecule has 3 aromatic rings. The van der Waals surface area contributed by atoms with Crippen molar-refractivity contribution in [3.63, 3.8) is 0 Å². The first-order valence-corrected chi connectivity index (χ1v) is 12.3. The lowest BCUT2D eigenvalue weighted by molar-refractivity contribution is -0.384. The van der Waals surface area contributed by atoms with Gasteiger partial charge in [-0.2, -0.15) is 0 Å². The summed E-state index contributed by atoms with van der Waals surface area (Å²) in [5, 5.41) is 15.8. The van der Waals surface area contributed by atoms with E-state index >= 15 is 0 Å². The molecule has 0 aromatic heterocycles. The fourth-order valence-corrected chi connectivity index (χ4v) is 4.18. The summed E-state index contributed by atoms with van der Waals surface area (Å²) in [4.78, 5) is 61.2. The number of urea groups is 1. The third-order valence-electron chi connectivity index (χ3n) is 5.84. The van der Waals surface area contributed by atoms with Crippen LogP contribution >= 0.6 is 15.9 Å². The van der Waals surface area contributed by atoms with E-state index in [2.05, 4.69) is 26.6 Å². The first-order chi connectivity index (χ1) is 18.5. The van der Waals surface area contributed by atoms with Gasteiger partial charge in [0.2, 0.25) is 0 Å². The molecular weight excluding hydrogens is 572 g/mol. The van der Waals surface area contributed by atoms with Crippen molar-refractivity contribution in [1.29, 1.82) is 0 Å². The van der Waals surface area contributed by atoms with E-state index in [0.29, 0.717) is 21.5 Å². The minimum Gasteiger partial charge on any atom is -0.483 e. The molecule has 1 fully saturated rings. The highest BCUT2D eigenvalue weighted by Gasteiger charge is 2.37. The summed E-state index contributed by atoms with van der Waals surface area (Å²) in [6.07, 6.45) is 1.30. The van der Waals surface area contributed by atoms with Crippen LogP contribution < -0.4 is 20.3 Å². The molecule has 0 spiro atoms. The van der Waals surface area contributed by atoms with Gasteiger partial charge in [-0.1, -0.05) is 12.1 Å². The normalized spacial score (nSPS) is 14.3. The number of hydrogen-bond donors (Lipinski definition) is 2. The number of carbonyl (C=O) groups excluding carboxylic acids is 4. The highest BCUT2D eigenvalue weighted by molar-refractivity contribution is 9.10. The molecule has 12 heteroatoms. The van der Waals surface area contributed by atoms with Crippen molar-refractivity contribution in [1.82, 2.24) is 5.32 Å². The van der Waals surface area contributed by atoms with E-state index in [1.165, 1.54) is 18.2 Å². The summed E-state index contributed by atoms with van der Waals surface area (Å²) in [6.45, 7) is 3.68. The molecule has 0 radical (unpaired) electrons. The Morgan fingerprint density at radius 3 is 2.41 bits per heavy atom. The maximum Gasteiger partial charge on any atom is 0.335 e. The van der Waals surface area contributed by atoms with Gasteiger partial charge < -0.3 is 10.1 Å². The quantitative estimate of drug-likeness (QED) is 0.175. The summed E-state index contributed by atoms with van der Waals surface area (Å²) in [6, 6.07) is 14.1. The number of anilines is 2. The Morgan fingerprint density at radius 1 is 1.05 bits per heavy atom. The molecule has 3 aromatic carbocycles. The molecule has 0 atom stereocenters. The molecule has 5 amide bonds. The molecular formula is C27H21BrN4O7. The van der Waals surface area contributed by atoms with Crippen molar-refractivity contribution in [3.8, 4) is 5.75 Å². The number of nitro benzene ring substituents is 1. The Balaban J connectivity index is 1.47. The van der Waals surface area contributed by atoms with E-state index in [-0.39, 0.29) is 29.5 Å². The number of rotatable bonds is 7. The van der Waals surface area contributed by atoms with Gasteiger partial charge in [0.25, 0.3) is 23.4 Å². The zero-order valence-corrected chi connectivity index (χ0v) is 22.3. The molecule has 4 rings (SSSR count). The number of nitrogens with zero attached hydrogens (tertiary/aromatic N) is 2. The van der Waals surface area contributed by atoms with E-state index in [1.54, 1.807) is 24.3 Å². The van der Waals surface area contributed by atoms with Crippen molar-refractivity contribution >= 4 is 62.8 Å². The number of barbiturate groups is 1. The summed E-state index contributed by atoms with van der Waals surface area (Å²) in [5.74, 6) is -1.77. The van der Waals surface area contributed by atoms with Crippen LogP contribution in [0.5, 0.6) is 5.75 Å². The Labute approximate surface area is 230 Å². The molecule has 1 aliphatic rings. The first kappa shape index (κ1) is 27.2. The lowest BCUT2D eigenvalue weighted by atomic mass is 10.1. The third-order valence-corrected chi connectivity index (χ3v) is 6.46. The van der Waals surface area contributed by atoms with E-state index in [9.17, 15) is 29.3 Å². The zero-order chi connectivity index (χ0) is 28.3. The number of amides is 5. The second kappa shape index (κ2) is 11.3. The van der Waals surface area contributed by atoms with Gasteiger partial charge in [-0.3, -0.25) is 29.8 Å². The number of aryl methyl sites for hydroxylation is 2. The van der Waals surface area contributed by atoms with Gasteiger partial charge in [0.15, 0.2) is 6.61 Å². The van der Waals surface area contributed by atoms with Crippen LogP contribution in [0.4, 0.5) is 21.9 Å². The number of nitro groups is 1. The number of imide groups is 2. The summed E-state index contributed by atoms with van der Waals surface area (Å²) in [7, 11) is 0.